The number of alkyl halides is 1. The summed E-state index contributed by atoms with van der Waals surface area (Å²) >= 11 is 0. The number of phenols is 1. The number of ether oxygens (including phenoxy) is 1. The number of hydrogen-bond acceptors (Lipinski definition) is 7. The summed E-state index contributed by atoms with van der Waals surface area (Å²) in [5.41, 5.74) is 0.346. The number of phenolic OH excluding ortho intramolecular Hbond substituents is 1. The van der Waals surface area contributed by atoms with Crippen LogP contribution >= 0.6 is 0 Å². The second-order valence-corrected chi connectivity index (χ2v) is 12.6. The summed E-state index contributed by atoms with van der Waals surface area (Å²) in [7, 11) is 0. The lowest BCUT2D eigenvalue weighted by molar-refractivity contribution is 0.107. The average Bonchev–Trinajstić information content (AvgIpc) is 3.51. The molecule has 0 saturated carbocycles. The molecule has 2 aromatic heterocycles. The molecule has 2 aromatic carbocycles. The molecule has 0 bridgehead atoms. The molecule has 44 heavy (non-hydrogen) atoms. The fraction of sp³-hybridized carbons (Fsp3) is 0.500. The number of aromatic hydroxyl groups is 1. The van der Waals surface area contributed by atoms with Crippen molar-refractivity contribution in [3.63, 3.8) is 0 Å². The first-order chi connectivity index (χ1) is 21.4. The normalized spacial score (nSPS) is 22.8. The molecule has 0 radical (unpaired) electrons. The Balaban J connectivity index is 1.37. The third-order valence-corrected chi connectivity index (χ3v) is 9.79. The highest BCUT2D eigenvalue weighted by atomic mass is 19.1. The fourth-order valence-electron chi connectivity index (χ4n) is 7.65. The van der Waals surface area contributed by atoms with Gasteiger partial charge in [0, 0.05) is 37.8 Å². The van der Waals surface area contributed by atoms with Gasteiger partial charge in [-0.2, -0.15) is 9.97 Å². The van der Waals surface area contributed by atoms with E-state index in [2.05, 4.69) is 19.8 Å². The van der Waals surface area contributed by atoms with Gasteiger partial charge in [-0.3, -0.25) is 9.88 Å². The van der Waals surface area contributed by atoms with Crippen LogP contribution in [0.2, 0.25) is 0 Å². The molecular formula is C34H38F3N5O2. The van der Waals surface area contributed by atoms with Crippen molar-refractivity contribution in [2.24, 2.45) is 0 Å². The van der Waals surface area contributed by atoms with Crippen LogP contribution in [0.3, 0.4) is 0 Å². The summed E-state index contributed by atoms with van der Waals surface area (Å²) in [6.45, 7) is 4.85. The second kappa shape index (κ2) is 11.7. The van der Waals surface area contributed by atoms with Crippen molar-refractivity contribution in [3.8, 4) is 23.0 Å². The van der Waals surface area contributed by atoms with Gasteiger partial charge in [-0.15, -0.1) is 0 Å². The zero-order valence-corrected chi connectivity index (χ0v) is 25.1. The average molecular weight is 606 g/mol. The van der Waals surface area contributed by atoms with Gasteiger partial charge in [-0.25, -0.2) is 13.2 Å². The molecule has 1 unspecified atom stereocenters. The molecular weight excluding hydrogens is 567 g/mol. The van der Waals surface area contributed by atoms with Crippen LogP contribution in [0.4, 0.5) is 19.0 Å². The topological polar surface area (TPSA) is 74.6 Å². The minimum absolute atomic E-state index is 0.0291. The maximum atomic E-state index is 16.8. The lowest BCUT2D eigenvalue weighted by Gasteiger charge is -2.31. The molecule has 3 fully saturated rings. The van der Waals surface area contributed by atoms with E-state index in [4.69, 9.17) is 9.72 Å². The number of aryl methyl sites for hydroxylation is 1. The minimum Gasteiger partial charge on any atom is -0.508 e. The van der Waals surface area contributed by atoms with Crippen molar-refractivity contribution in [2.75, 3.05) is 37.7 Å². The van der Waals surface area contributed by atoms with Crippen molar-refractivity contribution in [1.82, 2.24) is 19.9 Å². The monoisotopic (exact) mass is 605 g/mol. The van der Waals surface area contributed by atoms with E-state index in [0.717, 1.165) is 58.2 Å². The van der Waals surface area contributed by atoms with Gasteiger partial charge in [0.1, 0.15) is 41.4 Å². The summed E-state index contributed by atoms with van der Waals surface area (Å²) in [5.74, 6) is -0.583. The standard InChI is InChI=1S/C34H38F3N5O2/c1-2-24-27(36)10-9-21-15-23(43)16-25(28(21)24)30-29(37)31-26(18-38-30)32(41-12-6-4-3-5-7-13-41)40-33(39-31)44-20-34-11-8-14-42(34)19-22(35)17-34/h9-10,15-16,18,22,43H,2-8,11-14,17,19-20H2,1H3/t22-,34?/m1/s1. The largest absolute Gasteiger partial charge is 0.508 e. The van der Waals surface area contributed by atoms with Crippen LogP contribution in [-0.2, 0) is 6.42 Å². The van der Waals surface area contributed by atoms with Crippen LogP contribution in [0.1, 0.15) is 63.9 Å². The smallest absolute Gasteiger partial charge is 0.319 e. The van der Waals surface area contributed by atoms with E-state index < -0.39 is 23.3 Å². The quantitative estimate of drug-likeness (QED) is 0.251. The number of benzene rings is 2. The van der Waals surface area contributed by atoms with Crippen LogP contribution in [0.15, 0.2) is 30.5 Å². The van der Waals surface area contributed by atoms with E-state index in [1.807, 2.05) is 6.92 Å². The lowest BCUT2D eigenvalue weighted by atomic mass is 9.94. The van der Waals surface area contributed by atoms with Gasteiger partial charge in [0.2, 0.25) is 0 Å². The summed E-state index contributed by atoms with van der Waals surface area (Å²) in [4.78, 5) is 18.3. The Bertz CT molecular complexity index is 1710. The summed E-state index contributed by atoms with van der Waals surface area (Å²) < 4.78 is 52.4. The van der Waals surface area contributed by atoms with E-state index in [-0.39, 0.29) is 29.6 Å². The second-order valence-electron chi connectivity index (χ2n) is 12.6. The Labute approximate surface area is 255 Å². The number of nitrogens with zero attached hydrogens (tertiary/aromatic N) is 5. The Morgan fingerprint density at radius 3 is 2.61 bits per heavy atom. The zero-order valence-electron chi connectivity index (χ0n) is 25.1. The van der Waals surface area contributed by atoms with Crippen molar-refractivity contribution in [2.45, 2.75) is 76.4 Å². The lowest BCUT2D eigenvalue weighted by Crippen LogP contribution is -2.43. The molecule has 1 N–H and O–H groups in total. The number of halogens is 3. The van der Waals surface area contributed by atoms with Gasteiger partial charge in [0.15, 0.2) is 5.82 Å². The molecule has 3 aliphatic rings. The maximum absolute atomic E-state index is 16.8. The van der Waals surface area contributed by atoms with Crippen LogP contribution in [-0.4, -0.2) is 69.5 Å². The first-order valence-corrected chi connectivity index (χ1v) is 15.9. The van der Waals surface area contributed by atoms with Gasteiger partial charge in [-0.05, 0) is 73.2 Å². The van der Waals surface area contributed by atoms with E-state index in [9.17, 15) is 13.9 Å². The van der Waals surface area contributed by atoms with Crippen LogP contribution in [0.5, 0.6) is 11.8 Å². The number of aromatic nitrogens is 3. The van der Waals surface area contributed by atoms with E-state index >= 15 is 4.39 Å². The molecule has 0 aliphatic carbocycles. The van der Waals surface area contributed by atoms with Crippen LogP contribution < -0.4 is 9.64 Å². The summed E-state index contributed by atoms with van der Waals surface area (Å²) in [6.07, 6.45) is 8.70. The molecule has 7 nitrogen and oxygen atoms in total. The first-order valence-electron chi connectivity index (χ1n) is 15.9. The number of fused-ring (bicyclic) bond motifs is 3. The molecule has 5 heterocycles. The highest BCUT2D eigenvalue weighted by molar-refractivity contribution is 6.01. The van der Waals surface area contributed by atoms with Crippen molar-refractivity contribution in [1.29, 1.82) is 0 Å². The van der Waals surface area contributed by atoms with Crippen molar-refractivity contribution >= 4 is 27.5 Å². The van der Waals surface area contributed by atoms with Crippen molar-refractivity contribution in [3.05, 3.63) is 47.7 Å². The van der Waals surface area contributed by atoms with Crippen LogP contribution in [0, 0.1) is 11.6 Å². The molecule has 10 heteroatoms. The van der Waals surface area contributed by atoms with Gasteiger partial charge in [0.05, 0.1) is 10.9 Å². The van der Waals surface area contributed by atoms with Gasteiger partial charge >= 0.3 is 6.01 Å². The van der Waals surface area contributed by atoms with Gasteiger partial charge in [-0.1, -0.05) is 32.3 Å². The molecule has 0 spiro atoms. The van der Waals surface area contributed by atoms with Crippen molar-refractivity contribution < 1.29 is 23.0 Å². The summed E-state index contributed by atoms with van der Waals surface area (Å²) in [6, 6.07) is 5.96. The van der Waals surface area contributed by atoms with Crippen LogP contribution in [0.25, 0.3) is 32.9 Å². The minimum atomic E-state index is -0.894. The number of anilines is 1. The van der Waals surface area contributed by atoms with E-state index in [0.29, 0.717) is 52.5 Å². The van der Waals surface area contributed by atoms with E-state index in [1.54, 1.807) is 18.3 Å². The maximum Gasteiger partial charge on any atom is 0.319 e. The molecule has 3 saturated heterocycles. The highest BCUT2D eigenvalue weighted by Gasteiger charge is 2.49. The molecule has 232 valence electrons. The Morgan fingerprint density at radius 1 is 1.02 bits per heavy atom. The third kappa shape index (κ3) is 5.10. The number of rotatable bonds is 6. The highest BCUT2D eigenvalue weighted by Crippen LogP contribution is 2.42. The number of hydrogen-bond donors (Lipinski definition) is 1. The Hall–Kier alpha value is -3.66. The summed E-state index contributed by atoms with van der Waals surface area (Å²) in [5, 5.41) is 12.1. The molecule has 4 aromatic rings. The predicted octanol–water partition coefficient (Wildman–Crippen LogP) is 7.12. The predicted molar refractivity (Wildman–Crippen MR) is 165 cm³/mol. The fourth-order valence-corrected chi connectivity index (χ4v) is 7.65. The Kier molecular flexibility index (Phi) is 7.72. The molecule has 2 atom stereocenters. The molecule has 0 amide bonds. The van der Waals surface area contributed by atoms with E-state index in [1.165, 1.54) is 18.6 Å². The third-order valence-electron chi connectivity index (χ3n) is 9.79. The first kappa shape index (κ1) is 29.1. The SMILES string of the molecule is CCc1c(F)ccc2cc(O)cc(-c3ncc4c(N5CCCCCCC5)nc(OCC56CCCN5C[C@H](F)C6)nc4c3F)c12. The Morgan fingerprint density at radius 2 is 1.82 bits per heavy atom. The van der Waals surface area contributed by atoms with Gasteiger partial charge < -0.3 is 14.7 Å². The molecule has 7 rings (SSSR count). The number of pyridine rings is 1. The van der Waals surface area contributed by atoms with Gasteiger partial charge in [0.25, 0.3) is 0 Å². The molecule has 3 aliphatic heterocycles. The zero-order chi connectivity index (χ0) is 30.4.